The summed E-state index contributed by atoms with van der Waals surface area (Å²) in [5, 5.41) is 6.88. The van der Waals surface area contributed by atoms with Crippen molar-refractivity contribution in [2.75, 3.05) is 36.5 Å². The number of ether oxygens (including phenoxy) is 1. The number of aryl methyl sites for hydroxylation is 1. The van der Waals surface area contributed by atoms with E-state index in [1.807, 2.05) is 23.2 Å². The zero-order valence-corrected chi connectivity index (χ0v) is 18.1. The van der Waals surface area contributed by atoms with E-state index in [4.69, 9.17) is 9.72 Å². The van der Waals surface area contributed by atoms with Gasteiger partial charge in [-0.1, -0.05) is 24.3 Å². The zero-order chi connectivity index (χ0) is 21.2. The summed E-state index contributed by atoms with van der Waals surface area (Å²) >= 11 is 0. The van der Waals surface area contributed by atoms with Crippen LogP contribution in [0.15, 0.2) is 30.5 Å². The highest BCUT2D eigenvalue weighted by Crippen LogP contribution is 2.38. The fraction of sp³-hybridized carbons (Fsp3) is 0.542. The molecule has 0 spiro atoms. The molecule has 164 valence electrons. The number of benzene rings is 1. The first-order valence-electron chi connectivity index (χ1n) is 11.5. The molecule has 2 saturated heterocycles. The SMILES string of the molecule is Cc1ccccc1C1Cc2cnc(NC3CCNCC3)nc2N(C2CCOCC2)C1=O. The van der Waals surface area contributed by atoms with Crippen LogP contribution in [0.5, 0.6) is 0 Å². The molecule has 5 rings (SSSR count). The van der Waals surface area contributed by atoms with Crippen molar-refractivity contribution < 1.29 is 9.53 Å². The molecule has 7 nitrogen and oxygen atoms in total. The number of aromatic nitrogens is 2. The van der Waals surface area contributed by atoms with Crippen LogP contribution in [0.1, 0.15) is 48.3 Å². The predicted molar refractivity (Wildman–Crippen MR) is 120 cm³/mol. The van der Waals surface area contributed by atoms with Gasteiger partial charge in [-0.2, -0.15) is 4.98 Å². The van der Waals surface area contributed by atoms with Crippen LogP contribution < -0.4 is 15.5 Å². The number of carbonyl (C=O) groups is 1. The maximum Gasteiger partial charge on any atom is 0.236 e. The monoisotopic (exact) mass is 421 g/mol. The minimum Gasteiger partial charge on any atom is -0.381 e. The summed E-state index contributed by atoms with van der Waals surface area (Å²) in [5.74, 6) is 1.38. The Kier molecular flexibility index (Phi) is 5.87. The van der Waals surface area contributed by atoms with Gasteiger partial charge in [0.15, 0.2) is 0 Å². The molecule has 1 aromatic carbocycles. The molecule has 2 aromatic rings. The number of anilines is 2. The third-order valence-corrected chi connectivity index (χ3v) is 6.82. The van der Waals surface area contributed by atoms with Crippen molar-refractivity contribution in [3.05, 3.63) is 47.2 Å². The number of piperidine rings is 1. The molecule has 31 heavy (non-hydrogen) atoms. The fourth-order valence-corrected chi connectivity index (χ4v) is 5.07. The fourth-order valence-electron chi connectivity index (χ4n) is 5.07. The van der Waals surface area contributed by atoms with Crippen LogP contribution in [-0.2, 0) is 16.0 Å². The zero-order valence-electron chi connectivity index (χ0n) is 18.1. The number of rotatable bonds is 4. The molecule has 0 radical (unpaired) electrons. The molecule has 0 aliphatic carbocycles. The van der Waals surface area contributed by atoms with Gasteiger partial charge in [0.1, 0.15) is 5.82 Å². The number of hydrogen-bond donors (Lipinski definition) is 2. The number of amides is 1. The number of hydrogen-bond acceptors (Lipinski definition) is 6. The van der Waals surface area contributed by atoms with Gasteiger partial charge in [-0.25, -0.2) is 4.98 Å². The largest absolute Gasteiger partial charge is 0.381 e. The molecule has 0 bridgehead atoms. The van der Waals surface area contributed by atoms with Gasteiger partial charge in [0.25, 0.3) is 0 Å². The van der Waals surface area contributed by atoms with Crippen molar-refractivity contribution >= 4 is 17.7 Å². The first-order valence-corrected chi connectivity index (χ1v) is 11.5. The van der Waals surface area contributed by atoms with Gasteiger partial charge in [0.05, 0.1) is 5.92 Å². The quantitative estimate of drug-likeness (QED) is 0.790. The molecule has 0 saturated carbocycles. The molecule has 7 heteroatoms. The lowest BCUT2D eigenvalue weighted by Crippen LogP contribution is -2.49. The lowest BCUT2D eigenvalue weighted by molar-refractivity contribution is -0.121. The second kappa shape index (κ2) is 8.93. The van der Waals surface area contributed by atoms with Crippen LogP contribution in [0, 0.1) is 6.92 Å². The van der Waals surface area contributed by atoms with Crippen molar-refractivity contribution in [1.82, 2.24) is 15.3 Å². The number of fused-ring (bicyclic) bond motifs is 1. The summed E-state index contributed by atoms with van der Waals surface area (Å²) < 4.78 is 5.58. The van der Waals surface area contributed by atoms with E-state index in [1.165, 1.54) is 0 Å². The van der Waals surface area contributed by atoms with Crippen molar-refractivity contribution in [3.8, 4) is 0 Å². The second-order valence-corrected chi connectivity index (χ2v) is 8.88. The topological polar surface area (TPSA) is 79.4 Å². The maximum atomic E-state index is 13.8. The van der Waals surface area contributed by atoms with E-state index in [2.05, 4.69) is 34.7 Å². The molecule has 1 unspecified atom stereocenters. The third kappa shape index (κ3) is 4.16. The minimum absolute atomic E-state index is 0.119. The summed E-state index contributed by atoms with van der Waals surface area (Å²) in [6, 6.07) is 8.70. The van der Waals surface area contributed by atoms with Gasteiger partial charge in [0.2, 0.25) is 11.9 Å². The lowest BCUT2D eigenvalue weighted by Gasteiger charge is -2.40. The Balaban J connectivity index is 1.50. The predicted octanol–water partition coefficient (Wildman–Crippen LogP) is 2.80. The summed E-state index contributed by atoms with van der Waals surface area (Å²) in [7, 11) is 0. The summed E-state index contributed by atoms with van der Waals surface area (Å²) in [6.45, 7) is 5.47. The molecule has 4 heterocycles. The van der Waals surface area contributed by atoms with Crippen molar-refractivity contribution in [2.24, 2.45) is 0 Å². The van der Waals surface area contributed by atoms with E-state index in [-0.39, 0.29) is 17.9 Å². The summed E-state index contributed by atoms with van der Waals surface area (Å²) in [4.78, 5) is 25.3. The smallest absolute Gasteiger partial charge is 0.236 e. The molecule has 1 atom stereocenters. The molecular formula is C24H31N5O2. The number of nitrogens with zero attached hydrogens (tertiary/aromatic N) is 3. The molecule has 1 aromatic heterocycles. The molecular weight excluding hydrogens is 390 g/mol. The molecule has 1 amide bonds. The van der Waals surface area contributed by atoms with E-state index >= 15 is 0 Å². The Labute approximate surface area is 183 Å². The highest BCUT2D eigenvalue weighted by molar-refractivity contribution is 6.01. The van der Waals surface area contributed by atoms with Crippen molar-refractivity contribution in [1.29, 1.82) is 0 Å². The van der Waals surface area contributed by atoms with Crippen LogP contribution in [0.4, 0.5) is 11.8 Å². The van der Waals surface area contributed by atoms with E-state index in [0.29, 0.717) is 31.6 Å². The Morgan fingerprint density at radius 1 is 1.13 bits per heavy atom. The Bertz CT molecular complexity index is 937. The average Bonchev–Trinajstić information content (AvgIpc) is 2.80. The standard InChI is InChI=1S/C24H31N5O2/c1-16-4-2-3-5-20(16)21-14-17-15-26-24(27-18-6-10-25-11-7-18)28-22(17)29(23(21)30)19-8-12-31-13-9-19/h2-5,15,18-19,21,25H,6-14H2,1H3,(H,26,27,28). The van der Waals surface area contributed by atoms with Gasteiger partial charge in [-0.05, 0) is 63.2 Å². The van der Waals surface area contributed by atoms with E-state index in [0.717, 1.165) is 61.3 Å². The van der Waals surface area contributed by atoms with Gasteiger partial charge in [-0.15, -0.1) is 0 Å². The molecule has 3 aliphatic rings. The normalized spacial score (nSPS) is 22.9. The first kappa shape index (κ1) is 20.4. The summed E-state index contributed by atoms with van der Waals surface area (Å²) in [6.07, 6.45) is 6.36. The van der Waals surface area contributed by atoms with Crippen LogP contribution in [-0.4, -0.2) is 54.3 Å². The maximum absolute atomic E-state index is 13.8. The van der Waals surface area contributed by atoms with Gasteiger partial charge in [-0.3, -0.25) is 9.69 Å². The number of carbonyl (C=O) groups excluding carboxylic acids is 1. The van der Waals surface area contributed by atoms with Crippen LogP contribution in [0.25, 0.3) is 0 Å². The van der Waals surface area contributed by atoms with E-state index < -0.39 is 0 Å². The first-order chi connectivity index (χ1) is 15.2. The third-order valence-electron chi connectivity index (χ3n) is 6.82. The van der Waals surface area contributed by atoms with Crippen LogP contribution in [0.3, 0.4) is 0 Å². The van der Waals surface area contributed by atoms with Gasteiger partial charge >= 0.3 is 0 Å². The molecule has 2 fully saturated rings. The highest BCUT2D eigenvalue weighted by Gasteiger charge is 2.40. The van der Waals surface area contributed by atoms with Gasteiger partial charge in [0, 0.05) is 37.1 Å². The van der Waals surface area contributed by atoms with E-state index in [9.17, 15) is 4.79 Å². The Morgan fingerprint density at radius 3 is 2.68 bits per heavy atom. The number of nitrogens with one attached hydrogen (secondary N) is 2. The molecule has 2 N–H and O–H groups in total. The minimum atomic E-state index is -0.191. The second-order valence-electron chi connectivity index (χ2n) is 8.88. The van der Waals surface area contributed by atoms with Gasteiger partial charge < -0.3 is 15.4 Å². The van der Waals surface area contributed by atoms with Crippen molar-refractivity contribution in [3.63, 3.8) is 0 Å². The highest BCUT2D eigenvalue weighted by atomic mass is 16.5. The van der Waals surface area contributed by atoms with Crippen LogP contribution >= 0.6 is 0 Å². The Hall–Kier alpha value is -2.51. The van der Waals surface area contributed by atoms with Crippen molar-refractivity contribution in [2.45, 2.75) is 57.0 Å². The van der Waals surface area contributed by atoms with Crippen LogP contribution in [0.2, 0.25) is 0 Å². The Morgan fingerprint density at radius 2 is 1.90 bits per heavy atom. The van der Waals surface area contributed by atoms with E-state index in [1.54, 1.807) is 0 Å². The molecule has 3 aliphatic heterocycles. The summed E-state index contributed by atoms with van der Waals surface area (Å²) in [5.41, 5.74) is 3.31. The average molecular weight is 422 g/mol. The lowest BCUT2D eigenvalue weighted by atomic mass is 9.85.